The smallest absolute Gasteiger partial charge is 0.247 e. The molecule has 2 atom stereocenters. The van der Waals surface area contributed by atoms with E-state index in [9.17, 15) is 4.79 Å². The van der Waals surface area contributed by atoms with Crippen LogP contribution in [0.3, 0.4) is 0 Å². The van der Waals surface area contributed by atoms with Crippen molar-refractivity contribution in [2.75, 3.05) is 0 Å². The molecule has 0 saturated carbocycles. The van der Waals surface area contributed by atoms with Crippen LogP contribution in [0.1, 0.15) is 51.0 Å². The Bertz CT molecular complexity index is 556. The maximum absolute atomic E-state index is 12.0. The summed E-state index contributed by atoms with van der Waals surface area (Å²) < 4.78 is 0. The van der Waals surface area contributed by atoms with Crippen LogP contribution in [0.15, 0.2) is 53.6 Å². The summed E-state index contributed by atoms with van der Waals surface area (Å²) in [4.78, 5) is 12.0. The second kappa shape index (κ2) is 7.95. The second-order valence-corrected chi connectivity index (χ2v) is 6.22. The highest BCUT2D eigenvalue weighted by Crippen LogP contribution is 2.39. The first-order valence-electron chi connectivity index (χ1n) is 7.92. The Hall–Kier alpha value is -1.87. The van der Waals surface area contributed by atoms with E-state index >= 15 is 0 Å². The molecule has 0 radical (unpaired) electrons. The van der Waals surface area contributed by atoms with Gasteiger partial charge in [0.25, 0.3) is 0 Å². The molecular formula is C19H25NO2. The van der Waals surface area contributed by atoms with Gasteiger partial charge in [0.05, 0.1) is 5.92 Å². The van der Waals surface area contributed by atoms with Gasteiger partial charge in [0.1, 0.15) is 0 Å². The summed E-state index contributed by atoms with van der Waals surface area (Å²) in [7, 11) is 0. The number of amides is 1. The molecule has 3 nitrogen and oxygen atoms in total. The van der Waals surface area contributed by atoms with Crippen molar-refractivity contribution < 1.29 is 10.0 Å². The SMILES string of the molecule is CC(C)=CCCC1=CC[C@H](C(=O)NO)[C@@H](c2ccccc2)C1. The molecule has 0 bridgehead atoms. The highest BCUT2D eigenvalue weighted by atomic mass is 16.5. The van der Waals surface area contributed by atoms with Crippen molar-refractivity contribution >= 4 is 5.91 Å². The van der Waals surface area contributed by atoms with Crippen LogP contribution >= 0.6 is 0 Å². The van der Waals surface area contributed by atoms with Crippen LogP contribution in [0.5, 0.6) is 0 Å². The molecule has 1 aromatic rings. The monoisotopic (exact) mass is 299 g/mol. The molecule has 0 saturated heterocycles. The molecule has 0 unspecified atom stereocenters. The Kier molecular flexibility index (Phi) is 5.96. The zero-order valence-corrected chi connectivity index (χ0v) is 13.4. The summed E-state index contributed by atoms with van der Waals surface area (Å²) in [6.45, 7) is 4.23. The largest absolute Gasteiger partial charge is 0.289 e. The standard InChI is InChI=1S/C19H25NO2/c1-14(2)7-6-8-15-11-12-17(19(21)20-22)18(13-15)16-9-4-3-5-10-16/h3-5,7,9-11,17-18,22H,6,8,12-13H2,1-2H3,(H,20,21)/t17-,18+/m0/s1. The first-order valence-corrected chi connectivity index (χ1v) is 7.92. The molecule has 22 heavy (non-hydrogen) atoms. The Balaban J connectivity index is 2.14. The summed E-state index contributed by atoms with van der Waals surface area (Å²) in [6.07, 6.45) is 8.10. The van der Waals surface area contributed by atoms with E-state index < -0.39 is 0 Å². The minimum Gasteiger partial charge on any atom is -0.289 e. The molecule has 0 aromatic heterocycles. The highest BCUT2D eigenvalue weighted by molar-refractivity contribution is 5.79. The number of rotatable bonds is 5. The third kappa shape index (κ3) is 4.31. The van der Waals surface area contributed by atoms with Crippen LogP contribution in [-0.4, -0.2) is 11.1 Å². The molecular weight excluding hydrogens is 274 g/mol. The molecule has 118 valence electrons. The summed E-state index contributed by atoms with van der Waals surface area (Å²) in [5, 5.41) is 8.99. The number of hydrogen-bond acceptors (Lipinski definition) is 2. The number of benzene rings is 1. The van der Waals surface area contributed by atoms with Gasteiger partial charge in [0, 0.05) is 0 Å². The van der Waals surface area contributed by atoms with Crippen molar-refractivity contribution in [2.45, 2.75) is 45.4 Å². The van der Waals surface area contributed by atoms with Gasteiger partial charge in [-0.3, -0.25) is 10.0 Å². The number of hydroxylamine groups is 1. The van der Waals surface area contributed by atoms with Crippen LogP contribution in [-0.2, 0) is 4.79 Å². The molecule has 1 aliphatic rings. The van der Waals surface area contributed by atoms with Gasteiger partial charge < -0.3 is 0 Å². The van der Waals surface area contributed by atoms with Gasteiger partial charge in [-0.1, -0.05) is 53.6 Å². The second-order valence-electron chi connectivity index (χ2n) is 6.22. The molecule has 2 rings (SSSR count). The Labute approximate surface area is 132 Å². The van der Waals surface area contributed by atoms with Crippen LogP contribution < -0.4 is 5.48 Å². The van der Waals surface area contributed by atoms with Crippen LogP contribution in [0.4, 0.5) is 0 Å². The lowest BCUT2D eigenvalue weighted by Crippen LogP contribution is -2.33. The van der Waals surface area contributed by atoms with E-state index in [4.69, 9.17) is 5.21 Å². The predicted octanol–water partition coefficient (Wildman–Crippen LogP) is 4.36. The minimum absolute atomic E-state index is 0.139. The lowest BCUT2D eigenvalue weighted by atomic mass is 9.74. The van der Waals surface area contributed by atoms with E-state index in [1.165, 1.54) is 16.7 Å². The predicted molar refractivity (Wildman–Crippen MR) is 88.6 cm³/mol. The van der Waals surface area contributed by atoms with E-state index in [0.29, 0.717) is 6.42 Å². The third-order valence-corrected chi connectivity index (χ3v) is 4.32. The molecule has 1 aliphatic carbocycles. The maximum Gasteiger partial charge on any atom is 0.247 e. The van der Waals surface area contributed by atoms with Gasteiger partial charge >= 0.3 is 0 Å². The molecule has 2 N–H and O–H groups in total. The average Bonchev–Trinajstić information content (AvgIpc) is 2.54. The number of nitrogens with one attached hydrogen (secondary N) is 1. The summed E-state index contributed by atoms with van der Waals surface area (Å²) >= 11 is 0. The van der Waals surface area contributed by atoms with Crippen molar-refractivity contribution in [3.8, 4) is 0 Å². The topological polar surface area (TPSA) is 49.3 Å². The van der Waals surface area contributed by atoms with E-state index in [-0.39, 0.29) is 17.7 Å². The fourth-order valence-corrected chi connectivity index (χ4v) is 3.14. The maximum atomic E-state index is 12.0. The zero-order valence-electron chi connectivity index (χ0n) is 13.4. The van der Waals surface area contributed by atoms with Crippen molar-refractivity contribution in [3.05, 3.63) is 59.2 Å². The lowest BCUT2D eigenvalue weighted by Gasteiger charge is -2.30. The normalized spacial score (nSPS) is 21.0. The summed E-state index contributed by atoms with van der Waals surface area (Å²) in [5.41, 5.74) is 5.75. The van der Waals surface area contributed by atoms with Crippen molar-refractivity contribution in [2.24, 2.45) is 5.92 Å². The number of allylic oxidation sites excluding steroid dienone is 4. The van der Waals surface area contributed by atoms with Gasteiger partial charge in [-0.25, -0.2) is 5.48 Å². The first kappa shape index (κ1) is 16.5. The number of carbonyl (C=O) groups is 1. The molecule has 1 aromatic carbocycles. The highest BCUT2D eigenvalue weighted by Gasteiger charge is 2.32. The Morgan fingerprint density at radius 1 is 1.32 bits per heavy atom. The van der Waals surface area contributed by atoms with Gasteiger partial charge in [-0.2, -0.15) is 0 Å². The van der Waals surface area contributed by atoms with Crippen LogP contribution in [0.25, 0.3) is 0 Å². The van der Waals surface area contributed by atoms with Crippen LogP contribution in [0.2, 0.25) is 0 Å². The lowest BCUT2D eigenvalue weighted by molar-refractivity contribution is -0.134. The van der Waals surface area contributed by atoms with E-state index in [1.54, 1.807) is 0 Å². The van der Waals surface area contributed by atoms with Gasteiger partial charge in [-0.05, 0) is 51.0 Å². The molecule has 0 fully saturated rings. The Morgan fingerprint density at radius 2 is 2.05 bits per heavy atom. The minimum atomic E-state index is -0.284. The molecule has 3 heteroatoms. The molecule has 0 heterocycles. The summed E-state index contributed by atoms with van der Waals surface area (Å²) in [5.74, 6) is -0.340. The van der Waals surface area contributed by atoms with Gasteiger partial charge in [-0.15, -0.1) is 0 Å². The quantitative estimate of drug-likeness (QED) is 0.482. The van der Waals surface area contributed by atoms with Crippen molar-refractivity contribution in [1.82, 2.24) is 5.48 Å². The van der Waals surface area contributed by atoms with E-state index in [2.05, 4.69) is 38.1 Å². The van der Waals surface area contributed by atoms with Crippen molar-refractivity contribution in [3.63, 3.8) is 0 Å². The van der Waals surface area contributed by atoms with E-state index in [1.807, 2.05) is 23.7 Å². The van der Waals surface area contributed by atoms with E-state index in [0.717, 1.165) is 19.3 Å². The van der Waals surface area contributed by atoms with Gasteiger partial charge in [0.15, 0.2) is 0 Å². The summed E-state index contributed by atoms with van der Waals surface area (Å²) in [6, 6.07) is 10.1. The molecule has 0 spiro atoms. The first-order chi connectivity index (χ1) is 10.6. The number of carbonyl (C=O) groups excluding carboxylic acids is 1. The number of hydrogen-bond donors (Lipinski definition) is 2. The Morgan fingerprint density at radius 3 is 2.68 bits per heavy atom. The van der Waals surface area contributed by atoms with Gasteiger partial charge in [0.2, 0.25) is 5.91 Å². The average molecular weight is 299 g/mol. The molecule has 0 aliphatic heterocycles. The van der Waals surface area contributed by atoms with Crippen LogP contribution in [0, 0.1) is 5.92 Å². The fraction of sp³-hybridized carbons (Fsp3) is 0.421. The molecule has 1 amide bonds. The zero-order chi connectivity index (χ0) is 15.9. The fourth-order valence-electron chi connectivity index (χ4n) is 3.14. The third-order valence-electron chi connectivity index (χ3n) is 4.32. The van der Waals surface area contributed by atoms with Crippen molar-refractivity contribution in [1.29, 1.82) is 0 Å².